The van der Waals surface area contributed by atoms with E-state index in [-0.39, 0.29) is 32.2 Å². The van der Waals surface area contributed by atoms with Gasteiger partial charge in [-0.05, 0) is 24.3 Å². The Hall–Kier alpha value is -0.890. The number of hydrogen-bond acceptors (Lipinski definition) is 5. The second kappa shape index (κ2) is 11.1. The van der Waals surface area contributed by atoms with Gasteiger partial charge in [0.05, 0.1) is 0 Å². The molecule has 140 valence electrons. The van der Waals surface area contributed by atoms with Crippen molar-refractivity contribution < 1.29 is 24.3 Å². The van der Waals surface area contributed by atoms with E-state index in [0.717, 1.165) is 0 Å². The highest BCUT2D eigenvalue weighted by atomic mass is 35.5. The lowest BCUT2D eigenvalue weighted by molar-refractivity contribution is -0.311. The number of halogens is 4. The van der Waals surface area contributed by atoms with Crippen molar-refractivity contribution in [2.45, 2.75) is 13.2 Å². The van der Waals surface area contributed by atoms with Crippen LogP contribution in [-0.4, -0.2) is 19.0 Å². The molecule has 0 radical (unpaired) electrons. The molecular formula is C17H14Cl4O5. The molecule has 2 rings (SSSR count). The predicted octanol–water partition coefficient (Wildman–Crippen LogP) is 5.47. The van der Waals surface area contributed by atoms with Crippen molar-refractivity contribution in [3.8, 4) is 0 Å². The van der Waals surface area contributed by atoms with E-state index >= 15 is 0 Å². The zero-order valence-electron chi connectivity index (χ0n) is 13.3. The lowest BCUT2D eigenvalue weighted by atomic mass is 10.2. The van der Waals surface area contributed by atoms with Crippen LogP contribution in [-0.2, 0) is 37.6 Å². The molecule has 9 heteroatoms. The molecule has 26 heavy (non-hydrogen) atoms. The highest BCUT2D eigenvalue weighted by molar-refractivity contribution is 6.36. The summed E-state index contributed by atoms with van der Waals surface area (Å²) in [4.78, 5) is 31.1. The third kappa shape index (κ3) is 6.68. The molecule has 0 aliphatic heterocycles. The predicted molar refractivity (Wildman–Crippen MR) is 99.4 cm³/mol. The summed E-state index contributed by atoms with van der Waals surface area (Å²) in [7, 11) is 0. The maximum Gasteiger partial charge on any atom is 0.190 e. The first kappa shape index (κ1) is 21.4. The highest BCUT2D eigenvalue weighted by Gasteiger charge is 2.09. The third-order valence-corrected chi connectivity index (χ3v) is 4.55. The summed E-state index contributed by atoms with van der Waals surface area (Å²) in [5.74, 6) is -0.388. The molecule has 0 unspecified atom stereocenters. The van der Waals surface area contributed by atoms with E-state index in [1.54, 1.807) is 36.4 Å². The first-order valence-corrected chi connectivity index (χ1v) is 8.86. The minimum atomic E-state index is -0.388. The molecule has 0 atom stereocenters. The molecule has 0 saturated heterocycles. The van der Waals surface area contributed by atoms with Crippen LogP contribution in [0.3, 0.4) is 0 Å². The molecule has 0 N–H and O–H groups in total. The second-order valence-electron chi connectivity index (χ2n) is 4.99. The second-order valence-corrected chi connectivity index (χ2v) is 6.62. The van der Waals surface area contributed by atoms with Gasteiger partial charge in [-0.3, -0.25) is 4.79 Å². The largest absolute Gasteiger partial charge is 0.294 e. The van der Waals surface area contributed by atoms with Gasteiger partial charge in [0.2, 0.25) is 0 Å². The van der Waals surface area contributed by atoms with E-state index < -0.39 is 0 Å². The maximum atomic E-state index is 11.6. The molecule has 2 aromatic rings. The molecule has 0 aliphatic rings. The summed E-state index contributed by atoms with van der Waals surface area (Å²) in [5.41, 5.74) is 1.14. The fourth-order valence-electron chi connectivity index (χ4n) is 1.80. The normalized spacial score (nSPS) is 10.9. The van der Waals surface area contributed by atoms with Crippen LogP contribution in [0.25, 0.3) is 0 Å². The Balaban J connectivity index is 1.62. The van der Waals surface area contributed by atoms with Crippen LogP contribution in [0.1, 0.15) is 11.1 Å². The van der Waals surface area contributed by atoms with Gasteiger partial charge >= 0.3 is 0 Å². The average Bonchev–Trinajstić information content (AvgIpc) is 2.59. The van der Waals surface area contributed by atoms with Crippen LogP contribution in [0.5, 0.6) is 0 Å². The highest BCUT2D eigenvalue weighted by Crippen LogP contribution is 2.25. The molecule has 2 aromatic carbocycles. The number of Topliss-reactive ketones (excluding diaryl/α,β-unsaturated/α-hetero) is 1. The minimum Gasteiger partial charge on any atom is -0.294 e. The van der Waals surface area contributed by atoms with Crippen LogP contribution in [0, 0.1) is 0 Å². The van der Waals surface area contributed by atoms with Crippen LogP contribution >= 0.6 is 46.4 Å². The Bertz CT molecular complexity index is 652. The van der Waals surface area contributed by atoms with Crippen LogP contribution in [0.2, 0.25) is 20.1 Å². The summed E-state index contributed by atoms with van der Waals surface area (Å²) in [6, 6.07) is 10.1. The smallest absolute Gasteiger partial charge is 0.190 e. The number of ketones is 1. The molecule has 0 heterocycles. The molecule has 0 bridgehead atoms. The SMILES string of the molecule is O=C(COOCc1c(Cl)cccc1Cl)COOCc1c(Cl)cccc1Cl. The summed E-state index contributed by atoms with van der Waals surface area (Å²) in [5, 5.41) is 1.79. The lowest BCUT2D eigenvalue weighted by Gasteiger charge is -2.08. The van der Waals surface area contributed by atoms with Gasteiger partial charge in [-0.25, -0.2) is 19.6 Å². The summed E-state index contributed by atoms with van der Waals surface area (Å²) in [6.45, 7) is -0.626. The van der Waals surface area contributed by atoms with E-state index in [2.05, 4.69) is 0 Å². The van der Waals surface area contributed by atoms with Crippen molar-refractivity contribution in [3.05, 3.63) is 67.6 Å². The van der Waals surface area contributed by atoms with Gasteiger partial charge in [-0.2, -0.15) is 0 Å². The average molecular weight is 440 g/mol. The molecule has 0 saturated carbocycles. The first-order chi connectivity index (χ1) is 12.5. The molecule has 0 spiro atoms. The molecule has 0 aromatic heterocycles. The van der Waals surface area contributed by atoms with Gasteiger partial charge in [0.1, 0.15) is 26.4 Å². The molecule has 0 aliphatic carbocycles. The summed E-state index contributed by atoms with van der Waals surface area (Å²) in [6.07, 6.45) is 0. The van der Waals surface area contributed by atoms with Gasteiger partial charge in [-0.15, -0.1) is 0 Å². The Morgan fingerprint density at radius 2 is 1.00 bits per heavy atom. The third-order valence-electron chi connectivity index (χ3n) is 3.14. The van der Waals surface area contributed by atoms with E-state index in [1.165, 1.54) is 0 Å². The van der Waals surface area contributed by atoms with Crippen molar-refractivity contribution >= 4 is 52.2 Å². The Morgan fingerprint density at radius 1 is 0.654 bits per heavy atom. The van der Waals surface area contributed by atoms with Crippen molar-refractivity contribution in [2.75, 3.05) is 13.2 Å². The quantitative estimate of drug-likeness (QED) is 0.279. The fraction of sp³-hybridized carbons (Fsp3) is 0.235. The fourth-order valence-corrected chi connectivity index (χ4v) is 2.81. The maximum absolute atomic E-state index is 11.6. The molecule has 0 amide bonds. The molecule has 5 nitrogen and oxygen atoms in total. The Morgan fingerprint density at radius 3 is 1.35 bits per heavy atom. The topological polar surface area (TPSA) is 54.0 Å². The standard InChI is InChI=1S/C17H14Cl4O5/c18-14-3-1-4-15(19)12(14)9-25-23-7-11(22)8-24-26-10-13-16(20)5-2-6-17(13)21/h1-6H,7-10H2. The van der Waals surface area contributed by atoms with Crippen LogP contribution < -0.4 is 0 Å². The summed E-state index contributed by atoms with van der Waals surface area (Å²) >= 11 is 23.9. The van der Waals surface area contributed by atoms with E-state index in [1.807, 2.05) is 0 Å². The van der Waals surface area contributed by atoms with Crippen LogP contribution in [0.4, 0.5) is 0 Å². The number of hydrogen-bond donors (Lipinski definition) is 0. The van der Waals surface area contributed by atoms with Crippen molar-refractivity contribution in [2.24, 2.45) is 0 Å². The zero-order valence-corrected chi connectivity index (χ0v) is 16.4. The Labute approximate surface area is 170 Å². The number of carbonyl (C=O) groups excluding carboxylic acids is 1. The van der Waals surface area contributed by atoms with Gasteiger partial charge in [-0.1, -0.05) is 58.5 Å². The number of rotatable bonds is 10. The lowest BCUT2D eigenvalue weighted by Crippen LogP contribution is -2.16. The Kier molecular flexibility index (Phi) is 9.11. The first-order valence-electron chi connectivity index (χ1n) is 7.35. The summed E-state index contributed by atoms with van der Waals surface area (Å²) < 4.78 is 0. The van der Waals surface area contributed by atoms with Gasteiger partial charge in [0.15, 0.2) is 5.78 Å². The van der Waals surface area contributed by atoms with E-state index in [0.29, 0.717) is 31.2 Å². The van der Waals surface area contributed by atoms with Gasteiger partial charge in [0.25, 0.3) is 0 Å². The zero-order chi connectivity index (χ0) is 18.9. The molecular weight excluding hydrogens is 426 g/mol. The minimum absolute atomic E-state index is 0.00808. The van der Waals surface area contributed by atoms with E-state index in [9.17, 15) is 4.79 Å². The molecule has 0 fully saturated rings. The van der Waals surface area contributed by atoms with E-state index in [4.69, 9.17) is 66.0 Å². The number of carbonyl (C=O) groups is 1. The van der Waals surface area contributed by atoms with Crippen molar-refractivity contribution in [3.63, 3.8) is 0 Å². The van der Waals surface area contributed by atoms with Gasteiger partial charge in [0, 0.05) is 31.2 Å². The monoisotopic (exact) mass is 438 g/mol. The van der Waals surface area contributed by atoms with Crippen LogP contribution in [0.15, 0.2) is 36.4 Å². The van der Waals surface area contributed by atoms with Crippen molar-refractivity contribution in [1.29, 1.82) is 0 Å². The van der Waals surface area contributed by atoms with Crippen molar-refractivity contribution in [1.82, 2.24) is 0 Å². The van der Waals surface area contributed by atoms with Gasteiger partial charge < -0.3 is 0 Å². The number of benzene rings is 2.